The summed E-state index contributed by atoms with van der Waals surface area (Å²) in [5, 5.41) is 2.59. The Labute approximate surface area is 107 Å². The highest BCUT2D eigenvalue weighted by Gasteiger charge is 2.16. The van der Waals surface area contributed by atoms with Crippen molar-refractivity contribution in [1.29, 1.82) is 0 Å². The molecule has 1 aromatic carbocycles. The molecule has 6 heteroatoms. The zero-order valence-electron chi connectivity index (χ0n) is 10.3. The smallest absolute Gasteiger partial charge is 0.239 e. The van der Waals surface area contributed by atoms with Crippen LogP contribution in [0.25, 0.3) is 0 Å². The number of anilines is 1. The number of amides is 1. The molecule has 1 rings (SSSR count). The van der Waals surface area contributed by atoms with Gasteiger partial charge in [0.1, 0.15) is 5.75 Å². The lowest BCUT2D eigenvalue weighted by molar-refractivity contribution is -0.113. The highest BCUT2D eigenvalue weighted by atomic mass is 32.2. The molecule has 0 spiro atoms. The molecule has 0 atom stereocenters. The minimum atomic E-state index is -3.37. The Kier molecular flexibility index (Phi) is 5.30. The number of nitrogens with one attached hydrogen (secondary N) is 1. The summed E-state index contributed by atoms with van der Waals surface area (Å²) in [7, 11) is -3.37. The molecule has 0 radical (unpaired) electrons. The van der Waals surface area contributed by atoms with Crippen LogP contribution in [0.3, 0.4) is 0 Å². The Hall–Kier alpha value is -1.40. The van der Waals surface area contributed by atoms with Gasteiger partial charge in [-0.3, -0.25) is 4.79 Å². The number of benzene rings is 1. The van der Waals surface area contributed by atoms with Gasteiger partial charge in [0.15, 0.2) is 9.84 Å². The average molecular weight is 270 g/mol. The van der Waals surface area contributed by atoms with Gasteiger partial charge in [0, 0.05) is 5.69 Å². The lowest BCUT2D eigenvalue weighted by Crippen LogP contribution is -2.25. The highest BCUT2D eigenvalue weighted by molar-refractivity contribution is 7.92. The lowest BCUT2D eigenvalue weighted by Gasteiger charge is -2.08. The van der Waals surface area contributed by atoms with E-state index >= 15 is 0 Å². The Balaban J connectivity index is 2.60. The lowest BCUT2D eigenvalue weighted by atomic mass is 10.2. The van der Waals surface area contributed by atoms with Crippen LogP contribution >= 0.6 is 0 Å². The first-order valence-corrected chi connectivity index (χ1v) is 7.53. The van der Waals surface area contributed by atoms with E-state index < -0.39 is 21.5 Å². The van der Waals surface area contributed by atoms with Crippen LogP contribution in [0.1, 0.15) is 12.0 Å². The van der Waals surface area contributed by atoms with E-state index in [4.69, 9.17) is 5.73 Å². The number of nitrogens with two attached hydrogens (primary N) is 1. The van der Waals surface area contributed by atoms with E-state index in [0.717, 1.165) is 5.56 Å². The van der Waals surface area contributed by atoms with Gasteiger partial charge in [0.25, 0.3) is 0 Å². The predicted molar refractivity (Wildman–Crippen MR) is 72.1 cm³/mol. The fourth-order valence-electron chi connectivity index (χ4n) is 1.47. The molecule has 18 heavy (non-hydrogen) atoms. The number of hydrogen-bond acceptors (Lipinski definition) is 4. The van der Waals surface area contributed by atoms with Gasteiger partial charge < -0.3 is 11.1 Å². The highest BCUT2D eigenvalue weighted by Crippen LogP contribution is 2.13. The summed E-state index contributed by atoms with van der Waals surface area (Å²) in [4.78, 5) is 11.6. The molecule has 1 amide bonds. The van der Waals surface area contributed by atoms with E-state index in [9.17, 15) is 13.2 Å². The molecule has 100 valence electrons. The second kappa shape index (κ2) is 6.51. The molecule has 0 bridgehead atoms. The van der Waals surface area contributed by atoms with Gasteiger partial charge in [-0.1, -0.05) is 18.2 Å². The number of rotatable bonds is 6. The Morgan fingerprint density at radius 3 is 2.61 bits per heavy atom. The van der Waals surface area contributed by atoms with Crippen molar-refractivity contribution in [3.8, 4) is 0 Å². The molecule has 1 aromatic rings. The van der Waals surface area contributed by atoms with E-state index in [1.165, 1.54) is 0 Å². The third kappa shape index (κ3) is 4.85. The molecule has 0 aliphatic heterocycles. The molecule has 3 N–H and O–H groups in total. The average Bonchev–Trinajstić information content (AvgIpc) is 2.29. The summed E-state index contributed by atoms with van der Waals surface area (Å²) in [5.74, 6) is -1.06. The molecule has 0 aromatic heterocycles. The number of hydrogen-bond donors (Lipinski definition) is 2. The van der Waals surface area contributed by atoms with Crippen molar-refractivity contribution in [2.75, 3.05) is 23.4 Å². The maximum atomic E-state index is 11.6. The third-order valence-electron chi connectivity index (χ3n) is 2.43. The van der Waals surface area contributed by atoms with Gasteiger partial charge in [-0.15, -0.1) is 0 Å². The summed E-state index contributed by atoms with van der Waals surface area (Å²) >= 11 is 0. The number of sulfone groups is 1. The van der Waals surface area contributed by atoms with E-state index in [1.54, 1.807) is 12.1 Å². The SMILES string of the molecule is Cc1ccccc1NC(=O)CS(=O)(=O)CCCN. The van der Waals surface area contributed by atoms with Gasteiger partial charge in [-0.25, -0.2) is 8.42 Å². The zero-order valence-corrected chi connectivity index (χ0v) is 11.2. The van der Waals surface area contributed by atoms with Crippen molar-refractivity contribution in [3.63, 3.8) is 0 Å². The maximum Gasteiger partial charge on any atom is 0.239 e. The van der Waals surface area contributed by atoms with Gasteiger partial charge in [-0.2, -0.15) is 0 Å². The first kappa shape index (κ1) is 14.7. The van der Waals surface area contributed by atoms with Crippen LogP contribution in [0.5, 0.6) is 0 Å². The topological polar surface area (TPSA) is 89.3 Å². The Morgan fingerprint density at radius 1 is 1.33 bits per heavy atom. The van der Waals surface area contributed by atoms with Gasteiger partial charge in [0.2, 0.25) is 5.91 Å². The zero-order chi connectivity index (χ0) is 13.6. The van der Waals surface area contributed by atoms with Crippen LogP contribution in [-0.2, 0) is 14.6 Å². The molecular weight excluding hydrogens is 252 g/mol. The molecular formula is C12H18N2O3S. The molecule has 5 nitrogen and oxygen atoms in total. The second-order valence-corrected chi connectivity index (χ2v) is 6.28. The summed E-state index contributed by atoms with van der Waals surface area (Å²) < 4.78 is 23.1. The number of para-hydroxylation sites is 1. The molecule has 0 saturated carbocycles. The molecule has 0 aliphatic rings. The van der Waals surface area contributed by atoms with Crippen molar-refractivity contribution < 1.29 is 13.2 Å². The first-order chi connectivity index (χ1) is 8.44. The van der Waals surface area contributed by atoms with Crippen LogP contribution in [0.2, 0.25) is 0 Å². The largest absolute Gasteiger partial charge is 0.330 e. The summed E-state index contributed by atoms with van der Waals surface area (Å²) in [6.07, 6.45) is 0.375. The summed E-state index contributed by atoms with van der Waals surface area (Å²) in [6.45, 7) is 2.15. The van der Waals surface area contributed by atoms with Crippen molar-refractivity contribution in [2.45, 2.75) is 13.3 Å². The van der Waals surface area contributed by atoms with Crippen LogP contribution in [-0.4, -0.2) is 32.4 Å². The molecule has 0 fully saturated rings. The predicted octanol–water partition coefficient (Wildman–Crippen LogP) is 0.697. The first-order valence-electron chi connectivity index (χ1n) is 5.70. The number of carbonyl (C=O) groups is 1. The molecule has 0 heterocycles. The molecule has 0 saturated heterocycles. The summed E-state index contributed by atoms with van der Waals surface area (Å²) in [6, 6.07) is 7.22. The normalized spacial score (nSPS) is 11.2. The van der Waals surface area contributed by atoms with Crippen molar-refractivity contribution in [3.05, 3.63) is 29.8 Å². The van der Waals surface area contributed by atoms with Crippen molar-refractivity contribution in [2.24, 2.45) is 5.73 Å². The van der Waals surface area contributed by atoms with Crippen molar-refractivity contribution in [1.82, 2.24) is 0 Å². The van der Waals surface area contributed by atoms with Crippen LogP contribution in [0.15, 0.2) is 24.3 Å². The Morgan fingerprint density at radius 2 is 2.00 bits per heavy atom. The van der Waals surface area contributed by atoms with E-state index in [0.29, 0.717) is 18.7 Å². The van der Waals surface area contributed by atoms with Gasteiger partial charge in [-0.05, 0) is 31.5 Å². The number of carbonyl (C=O) groups excluding carboxylic acids is 1. The fraction of sp³-hybridized carbons (Fsp3) is 0.417. The molecule has 0 unspecified atom stereocenters. The van der Waals surface area contributed by atoms with E-state index in [2.05, 4.69) is 5.32 Å². The minimum Gasteiger partial charge on any atom is -0.330 e. The van der Waals surface area contributed by atoms with Crippen LogP contribution in [0, 0.1) is 6.92 Å². The van der Waals surface area contributed by atoms with Crippen molar-refractivity contribution >= 4 is 21.4 Å². The summed E-state index contributed by atoms with van der Waals surface area (Å²) in [5.41, 5.74) is 6.77. The minimum absolute atomic E-state index is 0.0509. The van der Waals surface area contributed by atoms with E-state index in [-0.39, 0.29) is 5.75 Å². The molecule has 0 aliphatic carbocycles. The van der Waals surface area contributed by atoms with Gasteiger partial charge >= 0.3 is 0 Å². The van der Waals surface area contributed by atoms with Gasteiger partial charge in [0.05, 0.1) is 5.75 Å². The quantitative estimate of drug-likeness (QED) is 0.796. The fourth-order valence-corrected chi connectivity index (χ4v) is 2.70. The standard InChI is InChI=1S/C12H18N2O3S/c1-10-5-2-3-6-11(10)14-12(15)9-18(16,17)8-4-7-13/h2-3,5-6H,4,7-9,13H2,1H3,(H,14,15). The third-order valence-corrected chi connectivity index (χ3v) is 4.04. The maximum absolute atomic E-state index is 11.6. The van der Waals surface area contributed by atoms with Crippen LogP contribution < -0.4 is 11.1 Å². The second-order valence-electron chi connectivity index (χ2n) is 4.10. The Bertz CT molecular complexity index is 512. The number of aryl methyl sites for hydroxylation is 1. The van der Waals surface area contributed by atoms with E-state index in [1.807, 2.05) is 19.1 Å². The van der Waals surface area contributed by atoms with Crippen LogP contribution in [0.4, 0.5) is 5.69 Å². The monoisotopic (exact) mass is 270 g/mol.